The Hall–Kier alpha value is -0.820. The van der Waals surface area contributed by atoms with Gasteiger partial charge in [0.15, 0.2) is 0 Å². The van der Waals surface area contributed by atoms with Gasteiger partial charge >= 0.3 is 0 Å². The summed E-state index contributed by atoms with van der Waals surface area (Å²) in [6.45, 7) is 2.64. The molecule has 0 bridgehead atoms. The van der Waals surface area contributed by atoms with Gasteiger partial charge in [0.25, 0.3) is 5.91 Å². The molecule has 0 aromatic heterocycles. The summed E-state index contributed by atoms with van der Waals surface area (Å²) in [5.74, 6) is 0.337. The molecule has 0 spiro atoms. The number of hydrogen-bond acceptors (Lipinski definition) is 3. The van der Waals surface area contributed by atoms with E-state index in [1.165, 1.54) is 0 Å². The largest absolute Gasteiger partial charge is 0.507 e. The van der Waals surface area contributed by atoms with Gasteiger partial charge in [-0.05, 0) is 66.2 Å². The molecular weight excluding hydrogens is 331 g/mol. The number of rotatable bonds is 3. The van der Waals surface area contributed by atoms with Crippen molar-refractivity contribution in [2.75, 3.05) is 19.6 Å². The second kappa shape index (κ2) is 5.68. The summed E-state index contributed by atoms with van der Waals surface area (Å²) < 4.78 is 0.938. The number of benzene rings is 1. The standard InChI is InChI=1S/C12H15IN2O2/c13-9-1-2-11(16)10(5-9)12(17)15-7-8-3-4-14-6-8/h1-2,5,8,14,16H,3-4,6-7H2,(H,15,17). The first-order valence-electron chi connectivity index (χ1n) is 5.64. The van der Waals surface area contributed by atoms with Crippen LogP contribution in [-0.2, 0) is 0 Å². The fourth-order valence-corrected chi connectivity index (χ4v) is 2.40. The average molecular weight is 346 g/mol. The van der Waals surface area contributed by atoms with E-state index in [9.17, 15) is 9.90 Å². The third kappa shape index (κ3) is 3.32. The van der Waals surface area contributed by atoms with Gasteiger partial charge in [-0.25, -0.2) is 0 Å². The molecule has 1 unspecified atom stereocenters. The van der Waals surface area contributed by atoms with E-state index in [1.54, 1.807) is 18.2 Å². The Bertz CT molecular complexity index is 417. The number of amides is 1. The molecule has 1 aliphatic heterocycles. The Balaban J connectivity index is 1.96. The van der Waals surface area contributed by atoms with Gasteiger partial charge < -0.3 is 15.7 Å². The molecule has 17 heavy (non-hydrogen) atoms. The highest BCUT2D eigenvalue weighted by Crippen LogP contribution is 2.19. The molecule has 0 saturated carbocycles. The number of phenols is 1. The summed E-state index contributed by atoms with van der Waals surface area (Å²) in [5, 5.41) is 15.7. The molecule has 4 nitrogen and oxygen atoms in total. The van der Waals surface area contributed by atoms with E-state index in [2.05, 4.69) is 33.2 Å². The monoisotopic (exact) mass is 346 g/mol. The molecule has 1 saturated heterocycles. The van der Waals surface area contributed by atoms with Crippen LogP contribution in [0.15, 0.2) is 18.2 Å². The molecule has 1 fully saturated rings. The molecule has 5 heteroatoms. The number of phenolic OH excluding ortho intramolecular Hbond substituents is 1. The zero-order valence-corrected chi connectivity index (χ0v) is 11.5. The van der Waals surface area contributed by atoms with Crippen LogP contribution in [-0.4, -0.2) is 30.6 Å². The van der Waals surface area contributed by atoms with E-state index in [4.69, 9.17) is 0 Å². The maximum absolute atomic E-state index is 11.9. The highest BCUT2D eigenvalue weighted by atomic mass is 127. The lowest BCUT2D eigenvalue weighted by Crippen LogP contribution is -2.30. The van der Waals surface area contributed by atoms with Crippen molar-refractivity contribution >= 4 is 28.5 Å². The minimum atomic E-state index is -0.201. The molecule has 1 aromatic carbocycles. The molecule has 1 heterocycles. The van der Waals surface area contributed by atoms with Crippen molar-refractivity contribution in [1.29, 1.82) is 0 Å². The number of halogens is 1. The van der Waals surface area contributed by atoms with Crippen LogP contribution in [0.4, 0.5) is 0 Å². The van der Waals surface area contributed by atoms with Crippen LogP contribution in [0.1, 0.15) is 16.8 Å². The summed E-state index contributed by atoms with van der Waals surface area (Å²) in [7, 11) is 0. The van der Waals surface area contributed by atoms with Crippen LogP contribution < -0.4 is 10.6 Å². The Kier molecular flexibility index (Phi) is 4.22. The quantitative estimate of drug-likeness (QED) is 0.724. The molecule has 3 N–H and O–H groups in total. The first kappa shape index (κ1) is 12.6. The van der Waals surface area contributed by atoms with E-state index < -0.39 is 0 Å². The minimum Gasteiger partial charge on any atom is -0.507 e. The number of carbonyl (C=O) groups is 1. The Labute approximate surface area is 114 Å². The van der Waals surface area contributed by atoms with E-state index in [-0.39, 0.29) is 11.7 Å². The predicted octanol–water partition coefficient (Wildman–Crippen LogP) is 1.34. The second-order valence-electron chi connectivity index (χ2n) is 4.23. The van der Waals surface area contributed by atoms with E-state index in [0.29, 0.717) is 18.0 Å². The Morgan fingerprint density at radius 2 is 2.41 bits per heavy atom. The summed E-state index contributed by atoms with van der Waals surface area (Å²) in [6, 6.07) is 5.01. The van der Waals surface area contributed by atoms with Crippen LogP contribution in [0.3, 0.4) is 0 Å². The van der Waals surface area contributed by atoms with Crippen LogP contribution in [0.2, 0.25) is 0 Å². The molecular formula is C12H15IN2O2. The lowest BCUT2D eigenvalue weighted by Gasteiger charge is -2.11. The van der Waals surface area contributed by atoms with E-state index >= 15 is 0 Å². The molecule has 1 aliphatic rings. The Morgan fingerprint density at radius 3 is 3.12 bits per heavy atom. The zero-order chi connectivity index (χ0) is 12.3. The fourth-order valence-electron chi connectivity index (χ4n) is 1.91. The fraction of sp³-hybridized carbons (Fsp3) is 0.417. The van der Waals surface area contributed by atoms with Crippen molar-refractivity contribution < 1.29 is 9.90 Å². The Morgan fingerprint density at radius 1 is 1.59 bits per heavy atom. The molecule has 0 aliphatic carbocycles. The molecule has 2 rings (SSSR count). The first-order valence-corrected chi connectivity index (χ1v) is 6.72. The van der Waals surface area contributed by atoms with Gasteiger partial charge in [-0.1, -0.05) is 0 Å². The van der Waals surface area contributed by atoms with Gasteiger partial charge in [0.05, 0.1) is 5.56 Å². The highest BCUT2D eigenvalue weighted by Gasteiger charge is 2.17. The maximum Gasteiger partial charge on any atom is 0.255 e. The van der Waals surface area contributed by atoms with Crippen molar-refractivity contribution in [1.82, 2.24) is 10.6 Å². The second-order valence-corrected chi connectivity index (χ2v) is 5.48. The van der Waals surface area contributed by atoms with Crippen molar-refractivity contribution in [2.24, 2.45) is 5.92 Å². The summed E-state index contributed by atoms with van der Waals surface area (Å²) in [5.41, 5.74) is 0.350. The lowest BCUT2D eigenvalue weighted by molar-refractivity contribution is 0.0945. The SMILES string of the molecule is O=C(NCC1CCNC1)c1cc(I)ccc1O. The van der Waals surface area contributed by atoms with Crippen LogP contribution >= 0.6 is 22.6 Å². The van der Waals surface area contributed by atoms with Crippen molar-refractivity contribution in [3.8, 4) is 5.75 Å². The average Bonchev–Trinajstić information content (AvgIpc) is 2.82. The van der Waals surface area contributed by atoms with E-state index in [0.717, 1.165) is 23.1 Å². The van der Waals surface area contributed by atoms with Gasteiger partial charge in [-0.3, -0.25) is 4.79 Å². The smallest absolute Gasteiger partial charge is 0.255 e. The van der Waals surface area contributed by atoms with Crippen molar-refractivity contribution in [3.05, 3.63) is 27.3 Å². The summed E-state index contributed by atoms with van der Waals surface area (Å²) in [6.07, 6.45) is 1.10. The maximum atomic E-state index is 11.9. The zero-order valence-electron chi connectivity index (χ0n) is 9.37. The van der Waals surface area contributed by atoms with Crippen LogP contribution in [0.5, 0.6) is 5.75 Å². The normalized spacial score (nSPS) is 19.2. The van der Waals surface area contributed by atoms with E-state index in [1.807, 2.05) is 0 Å². The molecule has 1 aromatic rings. The number of hydrogen-bond donors (Lipinski definition) is 3. The first-order chi connectivity index (χ1) is 8.16. The van der Waals surface area contributed by atoms with Crippen LogP contribution in [0.25, 0.3) is 0 Å². The highest BCUT2D eigenvalue weighted by molar-refractivity contribution is 14.1. The van der Waals surface area contributed by atoms with Gasteiger partial charge in [0.1, 0.15) is 5.75 Å². The number of carbonyl (C=O) groups excluding carboxylic acids is 1. The van der Waals surface area contributed by atoms with Gasteiger partial charge in [-0.15, -0.1) is 0 Å². The van der Waals surface area contributed by atoms with Gasteiger partial charge in [0.2, 0.25) is 0 Å². The van der Waals surface area contributed by atoms with Gasteiger partial charge in [-0.2, -0.15) is 0 Å². The van der Waals surface area contributed by atoms with Crippen molar-refractivity contribution in [3.63, 3.8) is 0 Å². The lowest BCUT2D eigenvalue weighted by atomic mass is 10.1. The molecule has 0 radical (unpaired) electrons. The third-order valence-corrected chi connectivity index (χ3v) is 3.59. The van der Waals surface area contributed by atoms with Gasteiger partial charge in [0, 0.05) is 10.1 Å². The van der Waals surface area contributed by atoms with Crippen LogP contribution in [0, 0.1) is 9.49 Å². The number of nitrogens with one attached hydrogen (secondary N) is 2. The summed E-state index contributed by atoms with van der Waals surface area (Å²) >= 11 is 2.12. The topological polar surface area (TPSA) is 61.4 Å². The minimum absolute atomic E-state index is 0.0347. The third-order valence-electron chi connectivity index (χ3n) is 2.92. The molecule has 1 amide bonds. The number of aromatic hydroxyl groups is 1. The summed E-state index contributed by atoms with van der Waals surface area (Å²) in [4.78, 5) is 11.9. The van der Waals surface area contributed by atoms with Crippen molar-refractivity contribution in [2.45, 2.75) is 6.42 Å². The molecule has 1 atom stereocenters. The predicted molar refractivity (Wildman–Crippen MR) is 74.1 cm³/mol. The molecule has 92 valence electrons.